The Kier molecular flexibility index (Phi) is 5.03. The summed E-state index contributed by atoms with van der Waals surface area (Å²) < 4.78 is 8.52. The van der Waals surface area contributed by atoms with Gasteiger partial charge in [0.1, 0.15) is 12.3 Å². The van der Waals surface area contributed by atoms with Crippen LogP contribution in [0.2, 0.25) is 0 Å². The first-order valence-corrected chi connectivity index (χ1v) is 9.43. The van der Waals surface area contributed by atoms with Crippen LogP contribution in [0.25, 0.3) is 10.8 Å². The van der Waals surface area contributed by atoms with E-state index < -0.39 is 0 Å². The number of amides is 1. The Bertz CT molecular complexity index is 1200. The lowest BCUT2D eigenvalue weighted by Gasteiger charge is -2.09. The molecule has 1 aromatic carbocycles. The summed E-state index contributed by atoms with van der Waals surface area (Å²) in [5, 5.41) is 8.37. The van der Waals surface area contributed by atoms with Gasteiger partial charge in [-0.2, -0.15) is 5.10 Å². The van der Waals surface area contributed by atoms with E-state index in [1.807, 2.05) is 32.0 Å². The Morgan fingerprint density at radius 2 is 1.90 bits per heavy atom. The number of fused-ring (bicyclic) bond motifs is 1. The maximum atomic E-state index is 13.0. The van der Waals surface area contributed by atoms with E-state index in [0.29, 0.717) is 17.7 Å². The molecule has 0 bridgehead atoms. The first-order valence-electron chi connectivity index (χ1n) is 9.43. The molecule has 0 aliphatic rings. The first kappa shape index (κ1) is 18.7. The Morgan fingerprint density at radius 3 is 2.62 bits per heavy atom. The molecule has 1 amide bonds. The molecule has 4 aromatic rings. The molecule has 148 valence electrons. The van der Waals surface area contributed by atoms with Gasteiger partial charge in [0.05, 0.1) is 24.4 Å². The molecule has 0 saturated heterocycles. The summed E-state index contributed by atoms with van der Waals surface area (Å²) in [6.07, 6.45) is 3.22. The van der Waals surface area contributed by atoms with Crippen LogP contribution >= 0.6 is 0 Å². The second-order valence-electron chi connectivity index (χ2n) is 6.99. The topological polar surface area (TPSA) is 82.1 Å². The molecule has 3 aromatic heterocycles. The molecule has 0 radical (unpaired) electrons. The summed E-state index contributed by atoms with van der Waals surface area (Å²) in [4.78, 5) is 25.3. The minimum Gasteiger partial charge on any atom is -0.467 e. The first-order chi connectivity index (χ1) is 14.0. The van der Waals surface area contributed by atoms with E-state index in [1.54, 1.807) is 24.6 Å². The van der Waals surface area contributed by atoms with Gasteiger partial charge in [-0.05, 0) is 31.5 Å². The van der Waals surface area contributed by atoms with Gasteiger partial charge < -0.3 is 14.3 Å². The molecule has 0 unspecified atom stereocenters. The lowest BCUT2D eigenvalue weighted by molar-refractivity contribution is -0.122. The molecule has 0 aliphatic heterocycles. The number of aromatic nitrogens is 3. The van der Waals surface area contributed by atoms with Crippen LogP contribution in [0.1, 0.15) is 22.7 Å². The van der Waals surface area contributed by atoms with E-state index in [9.17, 15) is 9.59 Å². The Hall–Kier alpha value is -3.61. The monoisotopic (exact) mass is 390 g/mol. The van der Waals surface area contributed by atoms with Crippen molar-refractivity contribution in [2.45, 2.75) is 33.5 Å². The number of aryl methyl sites for hydroxylation is 2. The fraction of sp³-hybridized carbons (Fsp3) is 0.227. The van der Waals surface area contributed by atoms with Crippen LogP contribution in [0, 0.1) is 13.8 Å². The number of carbonyl (C=O) groups is 1. The van der Waals surface area contributed by atoms with Crippen LogP contribution in [0.3, 0.4) is 0 Å². The molecule has 29 heavy (non-hydrogen) atoms. The molecule has 3 heterocycles. The van der Waals surface area contributed by atoms with E-state index in [1.165, 1.54) is 4.68 Å². The molecular weight excluding hydrogens is 368 g/mol. The molecule has 0 aliphatic carbocycles. The van der Waals surface area contributed by atoms with Gasteiger partial charge in [-0.25, -0.2) is 4.68 Å². The quantitative estimate of drug-likeness (QED) is 0.549. The number of carbonyl (C=O) groups excluding carboxylic acids is 1. The third kappa shape index (κ3) is 3.71. The van der Waals surface area contributed by atoms with Gasteiger partial charge in [0.2, 0.25) is 5.91 Å². The molecule has 0 spiro atoms. The maximum absolute atomic E-state index is 13.0. The minimum absolute atomic E-state index is 0.141. The number of hydrogen-bond donors (Lipinski definition) is 1. The van der Waals surface area contributed by atoms with Crippen molar-refractivity contribution in [2.24, 2.45) is 0 Å². The summed E-state index contributed by atoms with van der Waals surface area (Å²) in [5.74, 6) is 0.354. The zero-order chi connectivity index (χ0) is 20.4. The molecule has 4 rings (SSSR count). The molecule has 1 N–H and O–H groups in total. The van der Waals surface area contributed by atoms with E-state index in [4.69, 9.17) is 4.42 Å². The summed E-state index contributed by atoms with van der Waals surface area (Å²) in [6, 6.07) is 13.6. The minimum atomic E-state index is -0.298. The van der Waals surface area contributed by atoms with Gasteiger partial charge in [-0.15, -0.1) is 0 Å². The maximum Gasteiger partial charge on any atom is 0.276 e. The van der Waals surface area contributed by atoms with Gasteiger partial charge in [0, 0.05) is 23.3 Å². The van der Waals surface area contributed by atoms with Crippen molar-refractivity contribution in [3.05, 3.63) is 88.0 Å². The van der Waals surface area contributed by atoms with Gasteiger partial charge in [-0.1, -0.05) is 30.3 Å². The fourth-order valence-corrected chi connectivity index (χ4v) is 3.55. The predicted molar refractivity (Wildman–Crippen MR) is 110 cm³/mol. The van der Waals surface area contributed by atoms with Gasteiger partial charge >= 0.3 is 0 Å². The van der Waals surface area contributed by atoms with Crippen molar-refractivity contribution < 1.29 is 9.21 Å². The lowest BCUT2D eigenvalue weighted by Crippen LogP contribution is -2.33. The average Bonchev–Trinajstić information content (AvgIpc) is 3.32. The number of nitrogens with one attached hydrogen (secondary N) is 1. The molecule has 7 nitrogen and oxygen atoms in total. The molecule has 7 heteroatoms. The largest absolute Gasteiger partial charge is 0.467 e. The van der Waals surface area contributed by atoms with Crippen molar-refractivity contribution in [3.8, 4) is 0 Å². The normalized spacial score (nSPS) is 11.1. The van der Waals surface area contributed by atoms with Gasteiger partial charge in [0.25, 0.3) is 5.56 Å². The Labute approximate surface area is 167 Å². The zero-order valence-corrected chi connectivity index (χ0v) is 16.4. The zero-order valence-electron chi connectivity index (χ0n) is 16.4. The van der Waals surface area contributed by atoms with Crippen LogP contribution in [-0.4, -0.2) is 20.3 Å². The van der Waals surface area contributed by atoms with Crippen molar-refractivity contribution in [3.63, 3.8) is 0 Å². The third-order valence-electron chi connectivity index (χ3n) is 5.12. The van der Waals surface area contributed by atoms with E-state index in [2.05, 4.69) is 27.1 Å². The highest BCUT2D eigenvalue weighted by molar-refractivity contribution is 5.87. The van der Waals surface area contributed by atoms with E-state index in [0.717, 1.165) is 22.3 Å². The SMILES string of the molecule is Cc1c2cnn(CC(=O)NCc3ccco3)c(=O)c2c(C)n1Cc1ccccc1. The number of rotatable bonds is 6. The predicted octanol–water partition coefficient (Wildman–Crippen LogP) is 2.77. The smallest absolute Gasteiger partial charge is 0.276 e. The number of benzene rings is 1. The highest BCUT2D eigenvalue weighted by atomic mass is 16.3. The van der Waals surface area contributed by atoms with Crippen LogP contribution in [-0.2, 0) is 24.4 Å². The highest BCUT2D eigenvalue weighted by Crippen LogP contribution is 2.23. The summed E-state index contributed by atoms with van der Waals surface area (Å²) in [5.41, 5.74) is 2.76. The van der Waals surface area contributed by atoms with Crippen LogP contribution in [0.4, 0.5) is 0 Å². The summed E-state index contributed by atoms with van der Waals surface area (Å²) >= 11 is 0. The highest BCUT2D eigenvalue weighted by Gasteiger charge is 2.17. The van der Waals surface area contributed by atoms with Crippen molar-refractivity contribution in [2.75, 3.05) is 0 Å². The molecule has 0 atom stereocenters. The van der Waals surface area contributed by atoms with Crippen molar-refractivity contribution in [1.29, 1.82) is 0 Å². The Morgan fingerprint density at radius 1 is 1.10 bits per heavy atom. The Balaban J connectivity index is 1.60. The van der Waals surface area contributed by atoms with Crippen molar-refractivity contribution in [1.82, 2.24) is 19.7 Å². The van der Waals surface area contributed by atoms with E-state index >= 15 is 0 Å². The second kappa shape index (κ2) is 7.79. The number of hydrogen-bond acceptors (Lipinski definition) is 4. The van der Waals surface area contributed by atoms with Crippen LogP contribution < -0.4 is 10.9 Å². The fourth-order valence-electron chi connectivity index (χ4n) is 3.55. The van der Waals surface area contributed by atoms with Gasteiger partial charge in [-0.3, -0.25) is 9.59 Å². The second-order valence-corrected chi connectivity index (χ2v) is 6.99. The van der Waals surface area contributed by atoms with E-state index in [-0.39, 0.29) is 24.6 Å². The number of nitrogens with zero attached hydrogens (tertiary/aromatic N) is 3. The van der Waals surface area contributed by atoms with Crippen molar-refractivity contribution >= 4 is 16.7 Å². The average molecular weight is 390 g/mol. The molecule has 0 fully saturated rings. The summed E-state index contributed by atoms with van der Waals surface area (Å²) in [6.45, 7) is 4.73. The standard InChI is InChI=1S/C22H22N4O3/c1-15-19-12-24-26(14-20(27)23-11-18-9-6-10-29-18)22(28)21(19)16(2)25(15)13-17-7-4-3-5-8-17/h3-10,12H,11,13-14H2,1-2H3,(H,23,27). The van der Waals surface area contributed by atoms with Crippen LogP contribution in [0.15, 0.2) is 64.1 Å². The molecule has 0 saturated carbocycles. The molecular formula is C22H22N4O3. The van der Waals surface area contributed by atoms with Gasteiger partial charge in [0.15, 0.2) is 0 Å². The summed E-state index contributed by atoms with van der Waals surface area (Å²) in [7, 11) is 0. The number of furan rings is 1. The lowest BCUT2D eigenvalue weighted by atomic mass is 10.2. The third-order valence-corrected chi connectivity index (χ3v) is 5.12. The van der Waals surface area contributed by atoms with Crippen LogP contribution in [0.5, 0.6) is 0 Å².